The van der Waals surface area contributed by atoms with Gasteiger partial charge in [0, 0.05) is 38.3 Å². The molecule has 1 aliphatic heterocycles. The molecule has 1 saturated heterocycles. The van der Waals surface area contributed by atoms with Crippen LogP contribution in [-0.2, 0) is 11.2 Å². The average Bonchev–Trinajstić information content (AvgIpc) is 2.65. The number of carbonyl (C=O) groups excluding carboxylic acids is 2. The number of benzene rings is 1. The monoisotopic (exact) mass is 329 g/mol. The summed E-state index contributed by atoms with van der Waals surface area (Å²) in [5, 5.41) is 2.82. The van der Waals surface area contributed by atoms with E-state index in [0.717, 1.165) is 12.0 Å². The SMILES string of the molecule is C=CCNC(=O)C(C)N1CCN(C(=O)c2ccc(CC)cc2)CC1. The lowest BCUT2D eigenvalue weighted by atomic mass is 10.1. The first-order valence-electron chi connectivity index (χ1n) is 8.57. The summed E-state index contributed by atoms with van der Waals surface area (Å²) in [5.41, 5.74) is 1.97. The molecule has 0 aliphatic carbocycles. The van der Waals surface area contributed by atoms with Gasteiger partial charge in [-0.3, -0.25) is 14.5 Å². The smallest absolute Gasteiger partial charge is 0.253 e. The minimum Gasteiger partial charge on any atom is -0.351 e. The molecule has 0 radical (unpaired) electrons. The molecular formula is C19H27N3O2. The van der Waals surface area contributed by atoms with Crippen LogP contribution in [0.25, 0.3) is 0 Å². The van der Waals surface area contributed by atoms with Crippen LogP contribution in [0.5, 0.6) is 0 Å². The minimum absolute atomic E-state index is 0.00447. The summed E-state index contributed by atoms with van der Waals surface area (Å²) in [6, 6.07) is 7.63. The molecule has 0 spiro atoms. The number of amides is 2. The van der Waals surface area contributed by atoms with Crippen molar-refractivity contribution in [2.45, 2.75) is 26.3 Å². The number of hydrogen-bond donors (Lipinski definition) is 1. The van der Waals surface area contributed by atoms with Gasteiger partial charge in [-0.05, 0) is 31.0 Å². The summed E-state index contributed by atoms with van der Waals surface area (Å²) in [7, 11) is 0. The second-order valence-electron chi connectivity index (χ2n) is 6.09. The van der Waals surface area contributed by atoms with Crippen LogP contribution in [0.4, 0.5) is 0 Å². The highest BCUT2D eigenvalue weighted by Crippen LogP contribution is 2.12. The van der Waals surface area contributed by atoms with Crippen LogP contribution < -0.4 is 5.32 Å². The van der Waals surface area contributed by atoms with E-state index in [1.54, 1.807) is 6.08 Å². The van der Waals surface area contributed by atoms with E-state index >= 15 is 0 Å². The molecule has 1 heterocycles. The van der Waals surface area contributed by atoms with E-state index in [0.29, 0.717) is 32.7 Å². The van der Waals surface area contributed by atoms with E-state index in [-0.39, 0.29) is 17.9 Å². The van der Waals surface area contributed by atoms with Crippen molar-refractivity contribution in [3.8, 4) is 0 Å². The Morgan fingerprint density at radius 3 is 2.38 bits per heavy atom. The van der Waals surface area contributed by atoms with Gasteiger partial charge in [0.1, 0.15) is 0 Å². The van der Waals surface area contributed by atoms with Crippen molar-refractivity contribution < 1.29 is 9.59 Å². The minimum atomic E-state index is -0.189. The van der Waals surface area contributed by atoms with E-state index in [2.05, 4.69) is 23.7 Å². The van der Waals surface area contributed by atoms with E-state index < -0.39 is 0 Å². The molecule has 24 heavy (non-hydrogen) atoms. The van der Waals surface area contributed by atoms with Crippen LogP contribution in [0.1, 0.15) is 29.8 Å². The summed E-state index contributed by atoms with van der Waals surface area (Å²) in [5.74, 6) is 0.0749. The highest BCUT2D eigenvalue weighted by Gasteiger charge is 2.27. The van der Waals surface area contributed by atoms with Crippen molar-refractivity contribution in [1.29, 1.82) is 0 Å². The zero-order valence-corrected chi connectivity index (χ0v) is 14.6. The van der Waals surface area contributed by atoms with Gasteiger partial charge in [-0.15, -0.1) is 6.58 Å². The molecule has 1 aromatic rings. The summed E-state index contributed by atoms with van der Waals surface area (Å²) in [4.78, 5) is 28.6. The lowest BCUT2D eigenvalue weighted by molar-refractivity contribution is -0.126. The van der Waals surface area contributed by atoms with Crippen molar-refractivity contribution in [1.82, 2.24) is 15.1 Å². The van der Waals surface area contributed by atoms with Crippen LogP contribution in [0, 0.1) is 0 Å². The maximum absolute atomic E-state index is 12.6. The molecule has 1 aliphatic rings. The number of rotatable bonds is 6. The molecule has 2 amide bonds. The van der Waals surface area contributed by atoms with Crippen LogP contribution in [0.3, 0.4) is 0 Å². The van der Waals surface area contributed by atoms with Gasteiger partial charge in [0.2, 0.25) is 5.91 Å². The standard InChI is InChI=1S/C19H27N3O2/c1-4-10-20-18(23)15(3)21-11-13-22(14-12-21)19(24)17-8-6-16(5-2)7-9-17/h4,6-9,15H,1,5,10-14H2,2-3H3,(H,20,23). The Balaban J connectivity index is 1.88. The van der Waals surface area contributed by atoms with E-state index in [4.69, 9.17) is 0 Å². The topological polar surface area (TPSA) is 52.7 Å². The van der Waals surface area contributed by atoms with Gasteiger partial charge in [0.05, 0.1) is 6.04 Å². The number of hydrogen-bond acceptors (Lipinski definition) is 3. The average molecular weight is 329 g/mol. The molecule has 1 unspecified atom stereocenters. The number of piperazine rings is 1. The summed E-state index contributed by atoms with van der Waals surface area (Å²) in [6.45, 7) is 10.8. The molecule has 5 heteroatoms. The van der Waals surface area contributed by atoms with Gasteiger partial charge in [0.25, 0.3) is 5.91 Å². The maximum Gasteiger partial charge on any atom is 0.253 e. The molecule has 2 rings (SSSR count). The van der Waals surface area contributed by atoms with Gasteiger partial charge in [0.15, 0.2) is 0 Å². The van der Waals surface area contributed by atoms with E-state index in [1.807, 2.05) is 36.1 Å². The summed E-state index contributed by atoms with van der Waals surface area (Å²) in [6.07, 6.45) is 2.64. The molecule has 1 N–H and O–H groups in total. The van der Waals surface area contributed by atoms with Gasteiger partial charge >= 0.3 is 0 Å². The van der Waals surface area contributed by atoms with Crippen molar-refractivity contribution in [2.75, 3.05) is 32.7 Å². The number of aryl methyl sites for hydroxylation is 1. The van der Waals surface area contributed by atoms with E-state index in [1.165, 1.54) is 5.56 Å². The van der Waals surface area contributed by atoms with Gasteiger partial charge < -0.3 is 10.2 Å². The highest BCUT2D eigenvalue weighted by molar-refractivity contribution is 5.94. The summed E-state index contributed by atoms with van der Waals surface area (Å²) < 4.78 is 0. The zero-order chi connectivity index (χ0) is 17.5. The molecule has 0 bridgehead atoms. The predicted octanol–water partition coefficient (Wildman–Crippen LogP) is 1.70. The Hall–Kier alpha value is -2.14. The first-order valence-corrected chi connectivity index (χ1v) is 8.57. The van der Waals surface area contributed by atoms with Crippen molar-refractivity contribution in [3.63, 3.8) is 0 Å². The molecule has 1 fully saturated rings. The molecule has 130 valence electrons. The molecule has 1 aromatic carbocycles. The number of nitrogens with zero attached hydrogens (tertiary/aromatic N) is 2. The van der Waals surface area contributed by atoms with Crippen LogP contribution in [0.15, 0.2) is 36.9 Å². The Morgan fingerprint density at radius 2 is 1.83 bits per heavy atom. The lowest BCUT2D eigenvalue weighted by Gasteiger charge is -2.37. The quantitative estimate of drug-likeness (QED) is 0.808. The molecule has 1 atom stereocenters. The second kappa shape index (κ2) is 8.64. The zero-order valence-electron chi connectivity index (χ0n) is 14.6. The Kier molecular flexibility index (Phi) is 6.55. The fourth-order valence-electron chi connectivity index (χ4n) is 2.86. The highest BCUT2D eigenvalue weighted by atomic mass is 16.2. The largest absolute Gasteiger partial charge is 0.351 e. The molecule has 0 saturated carbocycles. The first-order chi connectivity index (χ1) is 11.6. The number of carbonyl (C=O) groups is 2. The third-order valence-corrected chi connectivity index (χ3v) is 4.56. The van der Waals surface area contributed by atoms with Gasteiger partial charge in [-0.2, -0.15) is 0 Å². The first kappa shape index (κ1) is 18.2. The second-order valence-corrected chi connectivity index (χ2v) is 6.09. The maximum atomic E-state index is 12.6. The fraction of sp³-hybridized carbons (Fsp3) is 0.474. The summed E-state index contributed by atoms with van der Waals surface area (Å²) >= 11 is 0. The van der Waals surface area contributed by atoms with Gasteiger partial charge in [-0.1, -0.05) is 25.1 Å². The molecule has 5 nitrogen and oxygen atoms in total. The third kappa shape index (κ3) is 4.45. The Labute approximate surface area is 144 Å². The Morgan fingerprint density at radius 1 is 1.21 bits per heavy atom. The van der Waals surface area contributed by atoms with Crippen molar-refractivity contribution in [3.05, 3.63) is 48.0 Å². The number of nitrogens with one attached hydrogen (secondary N) is 1. The van der Waals surface area contributed by atoms with Crippen LogP contribution in [-0.4, -0.2) is 60.4 Å². The van der Waals surface area contributed by atoms with Crippen LogP contribution in [0.2, 0.25) is 0 Å². The van der Waals surface area contributed by atoms with Crippen molar-refractivity contribution in [2.24, 2.45) is 0 Å². The Bertz CT molecular complexity index is 575. The lowest BCUT2D eigenvalue weighted by Crippen LogP contribution is -2.55. The molecule has 0 aromatic heterocycles. The van der Waals surface area contributed by atoms with E-state index in [9.17, 15) is 9.59 Å². The van der Waals surface area contributed by atoms with Crippen LogP contribution >= 0.6 is 0 Å². The third-order valence-electron chi connectivity index (χ3n) is 4.56. The fourth-order valence-corrected chi connectivity index (χ4v) is 2.86. The predicted molar refractivity (Wildman–Crippen MR) is 96.0 cm³/mol. The van der Waals surface area contributed by atoms with Crippen molar-refractivity contribution >= 4 is 11.8 Å². The normalized spacial score (nSPS) is 16.5. The molecular weight excluding hydrogens is 302 g/mol. The van der Waals surface area contributed by atoms with Gasteiger partial charge in [-0.25, -0.2) is 0 Å².